The lowest BCUT2D eigenvalue weighted by Crippen LogP contribution is -2.17. The Balaban J connectivity index is 2.27. The fourth-order valence-corrected chi connectivity index (χ4v) is 1.50. The number of para-hydroxylation sites is 1. The summed E-state index contributed by atoms with van der Waals surface area (Å²) in [5.74, 6) is 1.08. The van der Waals surface area contributed by atoms with Crippen molar-refractivity contribution in [3.05, 3.63) is 23.8 Å². The van der Waals surface area contributed by atoms with E-state index in [-0.39, 0.29) is 12.4 Å². The van der Waals surface area contributed by atoms with Gasteiger partial charge in [0.1, 0.15) is 13.2 Å². The molecule has 0 saturated heterocycles. The fourth-order valence-electron chi connectivity index (χ4n) is 1.50. The summed E-state index contributed by atoms with van der Waals surface area (Å²) in [7, 11) is 1.37. The summed E-state index contributed by atoms with van der Waals surface area (Å²) in [6, 6.07) is 5.51. The number of methoxy groups -OCH3 is 1. The molecule has 2 rings (SSSR count). The molecule has 0 N–H and O–H groups in total. The Labute approximate surface area is 87.8 Å². The molecule has 0 unspecified atom stereocenters. The fraction of sp³-hybridized carbons (Fsp3) is 0.364. The summed E-state index contributed by atoms with van der Waals surface area (Å²) in [5.41, 5.74) is 0.805. The molecule has 0 fully saturated rings. The molecule has 1 aromatic rings. The first-order valence-electron chi connectivity index (χ1n) is 4.75. The van der Waals surface area contributed by atoms with Crippen LogP contribution in [0.3, 0.4) is 0 Å². The molecule has 0 saturated carbocycles. The van der Waals surface area contributed by atoms with Crippen LogP contribution >= 0.6 is 0 Å². The van der Waals surface area contributed by atoms with Gasteiger partial charge in [-0.25, -0.2) is 0 Å². The highest BCUT2D eigenvalue weighted by molar-refractivity contribution is 5.74. The van der Waals surface area contributed by atoms with Gasteiger partial charge in [-0.1, -0.05) is 12.1 Å². The van der Waals surface area contributed by atoms with Crippen LogP contribution in [0.25, 0.3) is 0 Å². The predicted octanol–water partition coefficient (Wildman–Crippen LogP) is 1.17. The van der Waals surface area contributed by atoms with Crippen molar-refractivity contribution in [2.75, 3.05) is 20.3 Å². The van der Waals surface area contributed by atoms with E-state index >= 15 is 0 Å². The zero-order valence-electron chi connectivity index (χ0n) is 8.49. The number of carbonyl (C=O) groups is 1. The number of hydrogen-bond donors (Lipinski definition) is 0. The van der Waals surface area contributed by atoms with Crippen LogP contribution < -0.4 is 9.47 Å². The quantitative estimate of drug-likeness (QED) is 0.684. The van der Waals surface area contributed by atoms with E-state index in [4.69, 9.17) is 9.47 Å². The van der Waals surface area contributed by atoms with Crippen molar-refractivity contribution in [2.24, 2.45) is 0 Å². The Kier molecular flexibility index (Phi) is 2.76. The van der Waals surface area contributed by atoms with Crippen LogP contribution in [0.2, 0.25) is 0 Å². The maximum Gasteiger partial charge on any atom is 0.310 e. The number of ether oxygens (including phenoxy) is 3. The van der Waals surface area contributed by atoms with Crippen molar-refractivity contribution in [1.82, 2.24) is 0 Å². The standard InChI is InChI=1S/C11H12O4/c1-13-10(12)7-8-3-2-4-9-11(8)15-6-5-14-9/h2-4H,5-7H2,1H3. The minimum Gasteiger partial charge on any atom is -0.486 e. The summed E-state index contributed by atoms with van der Waals surface area (Å²) in [4.78, 5) is 11.1. The van der Waals surface area contributed by atoms with Gasteiger partial charge in [0.25, 0.3) is 0 Å². The SMILES string of the molecule is COC(=O)Cc1cccc2c1OCCO2. The van der Waals surface area contributed by atoms with E-state index in [1.165, 1.54) is 7.11 Å². The van der Waals surface area contributed by atoms with Crippen LogP contribution in [0.5, 0.6) is 11.5 Å². The van der Waals surface area contributed by atoms with E-state index in [1.807, 2.05) is 18.2 Å². The first kappa shape index (κ1) is 9.83. The molecular formula is C11H12O4. The number of rotatable bonds is 2. The highest BCUT2D eigenvalue weighted by Gasteiger charge is 2.17. The van der Waals surface area contributed by atoms with Crippen molar-refractivity contribution < 1.29 is 19.0 Å². The average molecular weight is 208 g/mol. The van der Waals surface area contributed by atoms with E-state index in [2.05, 4.69) is 4.74 Å². The van der Waals surface area contributed by atoms with Crippen LogP contribution in [0.15, 0.2) is 18.2 Å². The normalized spacial score (nSPS) is 13.4. The molecule has 0 bridgehead atoms. The zero-order chi connectivity index (χ0) is 10.7. The average Bonchev–Trinajstić information content (AvgIpc) is 2.29. The summed E-state index contributed by atoms with van der Waals surface area (Å²) < 4.78 is 15.5. The lowest BCUT2D eigenvalue weighted by molar-refractivity contribution is -0.139. The van der Waals surface area contributed by atoms with Gasteiger partial charge in [0.2, 0.25) is 0 Å². The summed E-state index contributed by atoms with van der Waals surface area (Å²) in [5, 5.41) is 0. The van der Waals surface area contributed by atoms with Crippen molar-refractivity contribution in [3.8, 4) is 11.5 Å². The third-order valence-corrected chi connectivity index (χ3v) is 2.21. The highest BCUT2D eigenvalue weighted by Crippen LogP contribution is 2.33. The molecule has 1 aromatic carbocycles. The van der Waals surface area contributed by atoms with Gasteiger partial charge in [-0.3, -0.25) is 4.79 Å². The van der Waals surface area contributed by atoms with Crippen molar-refractivity contribution in [3.63, 3.8) is 0 Å². The van der Waals surface area contributed by atoms with Crippen LogP contribution in [0.1, 0.15) is 5.56 Å². The van der Waals surface area contributed by atoms with Gasteiger partial charge in [-0.05, 0) is 6.07 Å². The maximum absolute atomic E-state index is 11.1. The number of benzene rings is 1. The molecule has 4 nitrogen and oxygen atoms in total. The smallest absolute Gasteiger partial charge is 0.310 e. The molecule has 0 aliphatic carbocycles. The van der Waals surface area contributed by atoms with Crippen molar-refractivity contribution in [2.45, 2.75) is 6.42 Å². The Morgan fingerprint density at radius 2 is 2.20 bits per heavy atom. The third kappa shape index (κ3) is 2.03. The van der Waals surface area contributed by atoms with Gasteiger partial charge in [0.05, 0.1) is 13.5 Å². The van der Waals surface area contributed by atoms with E-state index in [0.717, 1.165) is 5.56 Å². The molecule has 0 atom stereocenters. The number of fused-ring (bicyclic) bond motifs is 1. The molecule has 1 heterocycles. The van der Waals surface area contributed by atoms with E-state index in [1.54, 1.807) is 0 Å². The molecule has 0 radical (unpaired) electrons. The maximum atomic E-state index is 11.1. The van der Waals surface area contributed by atoms with E-state index in [9.17, 15) is 4.79 Å². The summed E-state index contributed by atoms with van der Waals surface area (Å²) >= 11 is 0. The number of carbonyl (C=O) groups excluding carboxylic acids is 1. The Morgan fingerprint density at radius 1 is 1.40 bits per heavy atom. The Morgan fingerprint density at radius 3 is 3.00 bits per heavy atom. The van der Waals surface area contributed by atoms with Crippen LogP contribution in [0, 0.1) is 0 Å². The summed E-state index contributed by atoms with van der Waals surface area (Å²) in [6.45, 7) is 1.07. The predicted molar refractivity (Wildman–Crippen MR) is 53.2 cm³/mol. The van der Waals surface area contributed by atoms with Crippen molar-refractivity contribution in [1.29, 1.82) is 0 Å². The molecule has 4 heteroatoms. The van der Waals surface area contributed by atoms with Crippen LogP contribution in [0.4, 0.5) is 0 Å². The Bertz CT molecular complexity index is 373. The second kappa shape index (κ2) is 4.21. The lowest BCUT2D eigenvalue weighted by Gasteiger charge is -2.20. The molecule has 0 spiro atoms. The molecule has 1 aliphatic rings. The second-order valence-electron chi connectivity index (χ2n) is 3.19. The van der Waals surface area contributed by atoms with Gasteiger partial charge >= 0.3 is 5.97 Å². The first-order valence-corrected chi connectivity index (χ1v) is 4.75. The molecule has 0 aromatic heterocycles. The molecular weight excluding hydrogens is 196 g/mol. The third-order valence-electron chi connectivity index (χ3n) is 2.21. The minimum absolute atomic E-state index is 0.211. The lowest BCUT2D eigenvalue weighted by atomic mass is 10.1. The zero-order valence-corrected chi connectivity index (χ0v) is 8.49. The molecule has 1 aliphatic heterocycles. The largest absolute Gasteiger partial charge is 0.486 e. The Hall–Kier alpha value is -1.71. The van der Waals surface area contributed by atoms with E-state index in [0.29, 0.717) is 24.7 Å². The number of hydrogen-bond acceptors (Lipinski definition) is 4. The molecule has 15 heavy (non-hydrogen) atoms. The highest BCUT2D eigenvalue weighted by atomic mass is 16.6. The minimum atomic E-state index is -0.280. The summed E-state index contributed by atoms with van der Waals surface area (Å²) in [6.07, 6.45) is 0.211. The monoisotopic (exact) mass is 208 g/mol. The van der Waals surface area contributed by atoms with Crippen LogP contribution in [-0.2, 0) is 16.0 Å². The van der Waals surface area contributed by atoms with E-state index < -0.39 is 0 Å². The van der Waals surface area contributed by atoms with Gasteiger partial charge in [0.15, 0.2) is 11.5 Å². The molecule has 80 valence electrons. The van der Waals surface area contributed by atoms with Gasteiger partial charge in [-0.2, -0.15) is 0 Å². The second-order valence-corrected chi connectivity index (χ2v) is 3.19. The number of esters is 1. The van der Waals surface area contributed by atoms with Crippen LogP contribution in [-0.4, -0.2) is 26.3 Å². The van der Waals surface area contributed by atoms with Gasteiger partial charge in [-0.15, -0.1) is 0 Å². The van der Waals surface area contributed by atoms with Gasteiger partial charge < -0.3 is 14.2 Å². The molecule has 0 amide bonds. The first-order chi connectivity index (χ1) is 7.31. The topological polar surface area (TPSA) is 44.8 Å². The van der Waals surface area contributed by atoms with Crippen molar-refractivity contribution >= 4 is 5.97 Å². The van der Waals surface area contributed by atoms with Gasteiger partial charge in [0, 0.05) is 5.56 Å².